The molecule has 0 radical (unpaired) electrons. The molecule has 0 aromatic heterocycles. The van der Waals surface area contributed by atoms with E-state index in [4.69, 9.17) is 0 Å². The second kappa shape index (κ2) is 13.9. The molecule has 0 spiro atoms. The van der Waals surface area contributed by atoms with Crippen LogP contribution >= 0.6 is 0 Å². The van der Waals surface area contributed by atoms with Crippen LogP contribution in [0, 0.1) is 0 Å². The third-order valence-corrected chi connectivity index (χ3v) is 13.4. The standard InChI is InChI=1S/C60H41N/c1-5-22-43(23-6-1)59(44-24-7-2-8-25-44)54-33-17-15-31-50(54)52-40-47(36-38-56(52)59)61(58-35-19-21-42-20-13-14-30-49(42)58)48-37-39-57-53(41-48)51-32-16-18-34-55(51)60(57,45-26-9-3-10-27-45)46-28-11-4-12-29-46/h1-41H. The zero-order chi connectivity index (χ0) is 40.4. The van der Waals surface area contributed by atoms with Crippen LogP contribution in [-0.2, 0) is 10.8 Å². The maximum Gasteiger partial charge on any atom is 0.0713 e. The summed E-state index contributed by atoms with van der Waals surface area (Å²) in [7, 11) is 0. The molecule has 0 N–H and O–H groups in total. The van der Waals surface area contributed by atoms with Crippen LogP contribution in [0.5, 0.6) is 0 Å². The summed E-state index contributed by atoms with van der Waals surface area (Å²) < 4.78 is 0. The van der Waals surface area contributed by atoms with Crippen molar-refractivity contribution in [2.45, 2.75) is 10.8 Å². The lowest BCUT2D eigenvalue weighted by molar-refractivity contribution is 0.768. The van der Waals surface area contributed by atoms with E-state index in [-0.39, 0.29) is 0 Å². The van der Waals surface area contributed by atoms with Crippen molar-refractivity contribution in [2.75, 3.05) is 4.90 Å². The summed E-state index contributed by atoms with van der Waals surface area (Å²) in [5, 5.41) is 2.42. The Labute approximate surface area is 357 Å². The van der Waals surface area contributed by atoms with E-state index in [1.165, 1.54) is 77.5 Å². The fourth-order valence-electron chi connectivity index (χ4n) is 11.0. The number of fused-ring (bicyclic) bond motifs is 7. The van der Waals surface area contributed by atoms with Crippen molar-refractivity contribution in [1.82, 2.24) is 0 Å². The Kier molecular flexibility index (Phi) is 8.05. The molecule has 1 nitrogen and oxygen atoms in total. The van der Waals surface area contributed by atoms with Crippen molar-refractivity contribution >= 4 is 27.8 Å². The molecule has 0 saturated carbocycles. The van der Waals surface area contributed by atoms with Crippen molar-refractivity contribution in [1.29, 1.82) is 0 Å². The zero-order valence-corrected chi connectivity index (χ0v) is 33.6. The summed E-state index contributed by atoms with van der Waals surface area (Å²) in [4.78, 5) is 2.49. The molecule has 286 valence electrons. The molecule has 0 aliphatic heterocycles. The summed E-state index contributed by atoms with van der Waals surface area (Å²) >= 11 is 0. The highest BCUT2D eigenvalue weighted by Crippen LogP contribution is 2.59. The summed E-state index contributed by atoms with van der Waals surface area (Å²) in [6.45, 7) is 0. The minimum atomic E-state index is -0.466. The summed E-state index contributed by atoms with van der Waals surface area (Å²) in [5.74, 6) is 0. The average Bonchev–Trinajstić information content (AvgIpc) is 3.81. The van der Waals surface area contributed by atoms with Gasteiger partial charge in [-0.2, -0.15) is 0 Å². The van der Waals surface area contributed by atoms with Crippen LogP contribution in [0.2, 0.25) is 0 Å². The largest absolute Gasteiger partial charge is 0.310 e. The van der Waals surface area contributed by atoms with Crippen molar-refractivity contribution < 1.29 is 0 Å². The molecule has 0 atom stereocenters. The first-order valence-corrected chi connectivity index (χ1v) is 21.3. The molecule has 61 heavy (non-hydrogen) atoms. The quantitative estimate of drug-likeness (QED) is 0.156. The molecular weight excluding hydrogens is 735 g/mol. The molecule has 1 heteroatoms. The zero-order valence-electron chi connectivity index (χ0n) is 33.6. The van der Waals surface area contributed by atoms with Gasteiger partial charge in [0, 0.05) is 16.8 Å². The molecular formula is C60H41N. The number of hydrogen-bond donors (Lipinski definition) is 0. The van der Waals surface area contributed by atoms with Gasteiger partial charge in [-0.15, -0.1) is 0 Å². The first kappa shape index (κ1) is 35.2. The lowest BCUT2D eigenvalue weighted by Crippen LogP contribution is -2.28. The molecule has 2 aliphatic carbocycles. The van der Waals surface area contributed by atoms with E-state index in [1.54, 1.807) is 0 Å². The van der Waals surface area contributed by atoms with E-state index >= 15 is 0 Å². The van der Waals surface area contributed by atoms with Gasteiger partial charge in [0.25, 0.3) is 0 Å². The minimum absolute atomic E-state index is 0.466. The van der Waals surface area contributed by atoms with Gasteiger partial charge in [0.15, 0.2) is 0 Å². The van der Waals surface area contributed by atoms with E-state index in [9.17, 15) is 0 Å². The van der Waals surface area contributed by atoms with E-state index < -0.39 is 10.8 Å². The Bertz CT molecular complexity index is 2980. The highest BCUT2D eigenvalue weighted by molar-refractivity contribution is 6.01. The van der Waals surface area contributed by atoms with E-state index in [0.717, 1.165) is 17.1 Å². The Hall–Kier alpha value is -7.74. The monoisotopic (exact) mass is 775 g/mol. The number of rotatable bonds is 7. The molecule has 0 amide bonds. The molecule has 0 bridgehead atoms. The third kappa shape index (κ3) is 5.08. The Morgan fingerprint density at radius 1 is 0.262 bits per heavy atom. The third-order valence-electron chi connectivity index (χ3n) is 13.4. The maximum absolute atomic E-state index is 2.49. The van der Waals surface area contributed by atoms with Crippen molar-refractivity contribution in [3.8, 4) is 22.3 Å². The first-order valence-electron chi connectivity index (χ1n) is 21.3. The smallest absolute Gasteiger partial charge is 0.0713 e. The van der Waals surface area contributed by atoms with Gasteiger partial charge in [0.1, 0.15) is 0 Å². The van der Waals surface area contributed by atoms with E-state index in [1.807, 2.05) is 0 Å². The predicted octanol–water partition coefficient (Wildman–Crippen LogP) is 15.0. The van der Waals surface area contributed by atoms with Gasteiger partial charge in [-0.05, 0) is 102 Å². The fourth-order valence-corrected chi connectivity index (χ4v) is 11.0. The highest BCUT2D eigenvalue weighted by atomic mass is 15.1. The van der Waals surface area contributed by atoms with Gasteiger partial charge in [-0.3, -0.25) is 0 Å². The highest BCUT2D eigenvalue weighted by Gasteiger charge is 2.48. The molecule has 0 heterocycles. The van der Waals surface area contributed by atoms with Crippen LogP contribution in [0.1, 0.15) is 44.5 Å². The van der Waals surface area contributed by atoms with Gasteiger partial charge >= 0.3 is 0 Å². The Balaban J connectivity index is 1.13. The number of anilines is 3. The second-order valence-corrected chi connectivity index (χ2v) is 16.3. The van der Waals surface area contributed by atoms with Crippen molar-refractivity contribution in [2.24, 2.45) is 0 Å². The van der Waals surface area contributed by atoms with Crippen LogP contribution in [0.4, 0.5) is 17.1 Å². The number of benzene rings is 10. The van der Waals surface area contributed by atoms with Crippen LogP contribution in [-0.4, -0.2) is 0 Å². The van der Waals surface area contributed by atoms with Crippen molar-refractivity contribution in [3.05, 3.63) is 293 Å². The normalized spacial score (nSPS) is 13.8. The van der Waals surface area contributed by atoms with Crippen LogP contribution in [0.3, 0.4) is 0 Å². The Morgan fingerprint density at radius 2 is 0.623 bits per heavy atom. The predicted molar refractivity (Wildman–Crippen MR) is 253 cm³/mol. The first-order chi connectivity index (χ1) is 30.3. The SMILES string of the molecule is c1ccc(C2(c3ccccc3)c3ccccc3-c3cc(N(c4ccc5c(c4)-c4ccccc4C5(c4ccccc4)c4ccccc4)c4cccc5ccccc45)ccc32)cc1. The summed E-state index contributed by atoms with van der Waals surface area (Å²) in [5.41, 5.74) is 17.8. The summed E-state index contributed by atoms with van der Waals surface area (Å²) in [6, 6.07) is 92.2. The molecule has 2 aliphatic rings. The molecule has 0 saturated heterocycles. The topological polar surface area (TPSA) is 3.24 Å². The lowest BCUT2D eigenvalue weighted by atomic mass is 9.67. The number of nitrogens with zero attached hydrogens (tertiary/aromatic N) is 1. The van der Waals surface area contributed by atoms with Crippen LogP contribution in [0.25, 0.3) is 33.0 Å². The molecule has 10 aromatic rings. The van der Waals surface area contributed by atoms with Crippen molar-refractivity contribution in [3.63, 3.8) is 0 Å². The van der Waals surface area contributed by atoms with Gasteiger partial charge in [-0.25, -0.2) is 0 Å². The number of hydrogen-bond acceptors (Lipinski definition) is 1. The molecule has 10 aromatic carbocycles. The molecule has 0 fully saturated rings. The van der Waals surface area contributed by atoms with Crippen LogP contribution < -0.4 is 4.90 Å². The maximum atomic E-state index is 2.49. The van der Waals surface area contributed by atoms with E-state index in [2.05, 4.69) is 254 Å². The second-order valence-electron chi connectivity index (χ2n) is 16.3. The van der Waals surface area contributed by atoms with Gasteiger partial charge < -0.3 is 4.90 Å². The molecule has 0 unspecified atom stereocenters. The van der Waals surface area contributed by atoms with Crippen LogP contribution in [0.15, 0.2) is 249 Å². The van der Waals surface area contributed by atoms with Gasteiger partial charge in [0.05, 0.1) is 16.5 Å². The lowest BCUT2D eigenvalue weighted by Gasteiger charge is -2.34. The summed E-state index contributed by atoms with van der Waals surface area (Å²) in [6.07, 6.45) is 0. The average molecular weight is 776 g/mol. The van der Waals surface area contributed by atoms with Gasteiger partial charge in [-0.1, -0.05) is 218 Å². The minimum Gasteiger partial charge on any atom is -0.310 e. The Morgan fingerprint density at radius 3 is 1.08 bits per heavy atom. The fraction of sp³-hybridized carbons (Fsp3) is 0.0333. The van der Waals surface area contributed by atoms with Gasteiger partial charge in [0.2, 0.25) is 0 Å². The van der Waals surface area contributed by atoms with E-state index in [0.29, 0.717) is 0 Å². The molecule has 12 rings (SSSR count).